The van der Waals surface area contributed by atoms with Crippen LogP contribution < -0.4 is 10.9 Å². The number of hydrogen-bond acceptors (Lipinski definition) is 4. The third kappa shape index (κ3) is 4.82. The first-order chi connectivity index (χ1) is 12.8. The van der Waals surface area contributed by atoms with Crippen molar-refractivity contribution in [1.82, 2.24) is 10.9 Å². The Labute approximate surface area is 165 Å². The number of carbonyl (C=O) groups excluding carboxylic acids is 2. The molecule has 6 nitrogen and oxygen atoms in total. The molecule has 150 valence electrons. The lowest BCUT2D eigenvalue weighted by molar-refractivity contribution is 0.0846. The first kappa shape index (κ1) is 21.3. The van der Waals surface area contributed by atoms with E-state index in [9.17, 15) is 19.8 Å². The summed E-state index contributed by atoms with van der Waals surface area (Å²) < 4.78 is 0. The van der Waals surface area contributed by atoms with Gasteiger partial charge in [0.15, 0.2) is 0 Å². The van der Waals surface area contributed by atoms with Gasteiger partial charge < -0.3 is 10.2 Å². The van der Waals surface area contributed by atoms with Crippen LogP contribution in [-0.2, 0) is 10.8 Å². The lowest BCUT2D eigenvalue weighted by Crippen LogP contribution is -2.41. The molecule has 2 aromatic rings. The van der Waals surface area contributed by atoms with E-state index in [0.29, 0.717) is 22.3 Å². The molecule has 2 amide bonds. The van der Waals surface area contributed by atoms with E-state index < -0.39 is 11.8 Å². The first-order valence-electron chi connectivity index (χ1n) is 9.08. The molecule has 0 aromatic heterocycles. The molecule has 0 fully saturated rings. The Balaban J connectivity index is 2.15. The van der Waals surface area contributed by atoms with Gasteiger partial charge in [0, 0.05) is 22.3 Å². The Kier molecular flexibility index (Phi) is 5.73. The van der Waals surface area contributed by atoms with Crippen molar-refractivity contribution in [3.63, 3.8) is 0 Å². The quantitative estimate of drug-likeness (QED) is 0.592. The molecular weight excluding hydrogens is 356 g/mol. The van der Waals surface area contributed by atoms with Crippen LogP contribution >= 0.6 is 0 Å². The average molecular weight is 384 g/mol. The summed E-state index contributed by atoms with van der Waals surface area (Å²) in [4.78, 5) is 24.8. The SMILES string of the molecule is CC(C)(C)c1cc(C(=O)NNC(=O)c2ccc(O)c(C(C)(C)C)c2)ccc1O. The molecule has 28 heavy (non-hydrogen) atoms. The van der Waals surface area contributed by atoms with Crippen molar-refractivity contribution in [2.45, 2.75) is 52.4 Å². The summed E-state index contributed by atoms with van der Waals surface area (Å²) in [6.07, 6.45) is 0. The van der Waals surface area contributed by atoms with Gasteiger partial charge in [0.25, 0.3) is 11.8 Å². The number of benzene rings is 2. The first-order valence-corrected chi connectivity index (χ1v) is 9.08. The summed E-state index contributed by atoms with van der Waals surface area (Å²) in [5, 5.41) is 20.0. The van der Waals surface area contributed by atoms with Crippen molar-refractivity contribution in [1.29, 1.82) is 0 Å². The molecule has 0 radical (unpaired) electrons. The fourth-order valence-electron chi connectivity index (χ4n) is 2.81. The van der Waals surface area contributed by atoms with Crippen molar-refractivity contribution in [2.24, 2.45) is 0 Å². The molecule has 0 atom stereocenters. The highest BCUT2D eigenvalue weighted by atomic mass is 16.3. The summed E-state index contributed by atoms with van der Waals surface area (Å²) in [7, 11) is 0. The van der Waals surface area contributed by atoms with Crippen LogP contribution in [0.5, 0.6) is 11.5 Å². The van der Waals surface area contributed by atoms with Crippen LogP contribution in [0.25, 0.3) is 0 Å². The number of hydrazine groups is 1. The minimum Gasteiger partial charge on any atom is -0.508 e. The van der Waals surface area contributed by atoms with Gasteiger partial charge in [-0.25, -0.2) is 0 Å². The Morgan fingerprint density at radius 3 is 1.29 bits per heavy atom. The van der Waals surface area contributed by atoms with E-state index in [0.717, 1.165) is 0 Å². The van der Waals surface area contributed by atoms with Gasteiger partial charge >= 0.3 is 0 Å². The lowest BCUT2D eigenvalue weighted by Gasteiger charge is -2.21. The van der Waals surface area contributed by atoms with E-state index in [1.54, 1.807) is 12.1 Å². The highest BCUT2D eigenvalue weighted by Crippen LogP contribution is 2.32. The molecule has 0 aliphatic carbocycles. The number of nitrogens with one attached hydrogen (secondary N) is 2. The van der Waals surface area contributed by atoms with Gasteiger partial charge in [-0.1, -0.05) is 41.5 Å². The van der Waals surface area contributed by atoms with E-state index in [1.807, 2.05) is 41.5 Å². The number of phenols is 2. The Morgan fingerprint density at radius 1 is 0.679 bits per heavy atom. The number of phenolic OH excluding ortho intramolecular Hbond substituents is 2. The Morgan fingerprint density at radius 2 is 1.00 bits per heavy atom. The van der Waals surface area contributed by atoms with Gasteiger partial charge in [0.05, 0.1) is 0 Å². The summed E-state index contributed by atoms with van der Waals surface area (Å²) in [5.41, 5.74) is 6.03. The summed E-state index contributed by atoms with van der Waals surface area (Å²) >= 11 is 0. The number of aromatic hydroxyl groups is 2. The van der Waals surface area contributed by atoms with E-state index >= 15 is 0 Å². The van der Waals surface area contributed by atoms with Crippen LogP contribution in [0.15, 0.2) is 36.4 Å². The number of hydrogen-bond donors (Lipinski definition) is 4. The predicted octanol–water partition coefficient (Wildman–Crippen LogP) is 3.77. The summed E-state index contributed by atoms with van der Waals surface area (Å²) in [6.45, 7) is 11.6. The van der Waals surface area contributed by atoms with Crippen LogP contribution in [0.1, 0.15) is 73.4 Å². The molecule has 6 heteroatoms. The molecule has 0 heterocycles. The minimum absolute atomic E-state index is 0.117. The molecular formula is C22H28N2O4. The minimum atomic E-state index is -0.492. The third-order valence-corrected chi connectivity index (χ3v) is 4.42. The Bertz CT molecular complexity index is 830. The van der Waals surface area contributed by atoms with Crippen LogP contribution in [0.2, 0.25) is 0 Å². The smallest absolute Gasteiger partial charge is 0.269 e. The second-order valence-electron chi connectivity index (χ2n) is 8.87. The van der Waals surface area contributed by atoms with Crippen LogP contribution in [0, 0.1) is 0 Å². The monoisotopic (exact) mass is 384 g/mol. The average Bonchev–Trinajstić information content (AvgIpc) is 2.58. The molecule has 0 bridgehead atoms. The normalized spacial score (nSPS) is 11.8. The van der Waals surface area contributed by atoms with Gasteiger partial charge in [-0.05, 0) is 47.2 Å². The topological polar surface area (TPSA) is 98.7 Å². The van der Waals surface area contributed by atoms with Crippen molar-refractivity contribution in [3.05, 3.63) is 58.7 Å². The molecule has 0 saturated carbocycles. The zero-order chi connectivity index (χ0) is 21.3. The molecule has 0 aliphatic rings. The standard InChI is InChI=1S/C22H28N2O4/c1-21(2,3)15-11-13(7-9-17(15)25)19(27)23-24-20(28)14-8-10-18(26)16(12-14)22(4,5)6/h7-12,25-26H,1-6H3,(H,23,27)(H,24,28). The summed E-state index contributed by atoms with van der Waals surface area (Å²) in [6, 6.07) is 9.12. The Hall–Kier alpha value is -3.02. The molecule has 4 N–H and O–H groups in total. The zero-order valence-electron chi connectivity index (χ0n) is 17.2. The van der Waals surface area contributed by atoms with E-state index in [-0.39, 0.29) is 22.3 Å². The van der Waals surface area contributed by atoms with Crippen molar-refractivity contribution < 1.29 is 19.8 Å². The van der Waals surface area contributed by atoms with Crippen LogP contribution in [0.4, 0.5) is 0 Å². The van der Waals surface area contributed by atoms with Gasteiger partial charge in [-0.15, -0.1) is 0 Å². The predicted molar refractivity (Wildman–Crippen MR) is 109 cm³/mol. The number of amides is 2. The molecule has 0 unspecified atom stereocenters. The van der Waals surface area contributed by atoms with Crippen molar-refractivity contribution >= 4 is 11.8 Å². The molecule has 2 aromatic carbocycles. The molecule has 0 spiro atoms. The van der Waals surface area contributed by atoms with Gasteiger partial charge in [0.1, 0.15) is 11.5 Å². The maximum absolute atomic E-state index is 12.4. The zero-order valence-corrected chi connectivity index (χ0v) is 17.2. The van der Waals surface area contributed by atoms with Gasteiger partial charge in [-0.3, -0.25) is 20.4 Å². The molecule has 0 saturated heterocycles. The van der Waals surface area contributed by atoms with Crippen molar-refractivity contribution in [3.8, 4) is 11.5 Å². The van der Waals surface area contributed by atoms with E-state index in [1.165, 1.54) is 24.3 Å². The van der Waals surface area contributed by atoms with Crippen molar-refractivity contribution in [2.75, 3.05) is 0 Å². The number of carbonyl (C=O) groups is 2. The summed E-state index contributed by atoms with van der Waals surface area (Å²) in [5.74, 6) is -0.749. The van der Waals surface area contributed by atoms with Crippen LogP contribution in [0.3, 0.4) is 0 Å². The fourth-order valence-corrected chi connectivity index (χ4v) is 2.81. The van der Waals surface area contributed by atoms with Gasteiger partial charge in [-0.2, -0.15) is 0 Å². The maximum Gasteiger partial charge on any atom is 0.269 e. The fraction of sp³-hybridized carbons (Fsp3) is 0.364. The highest BCUT2D eigenvalue weighted by Gasteiger charge is 2.22. The maximum atomic E-state index is 12.4. The largest absolute Gasteiger partial charge is 0.508 e. The highest BCUT2D eigenvalue weighted by molar-refractivity contribution is 5.99. The molecule has 2 rings (SSSR count). The second-order valence-corrected chi connectivity index (χ2v) is 8.87. The van der Waals surface area contributed by atoms with E-state index in [2.05, 4.69) is 10.9 Å². The second kappa shape index (κ2) is 7.54. The lowest BCUT2D eigenvalue weighted by atomic mass is 9.85. The molecule has 0 aliphatic heterocycles. The number of rotatable bonds is 2. The third-order valence-electron chi connectivity index (χ3n) is 4.42. The van der Waals surface area contributed by atoms with E-state index in [4.69, 9.17) is 0 Å². The van der Waals surface area contributed by atoms with Gasteiger partial charge in [0.2, 0.25) is 0 Å². The van der Waals surface area contributed by atoms with Crippen LogP contribution in [-0.4, -0.2) is 22.0 Å².